The molecule has 0 radical (unpaired) electrons. The Morgan fingerprint density at radius 1 is 0.968 bits per heavy atom. The number of ether oxygens (including phenoxy) is 4. The van der Waals surface area contributed by atoms with E-state index in [1.54, 1.807) is 41.3 Å². The molecule has 31 heavy (non-hydrogen) atoms. The van der Waals surface area contributed by atoms with Crippen LogP contribution in [0.2, 0.25) is 0 Å². The number of para-hydroxylation sites is 1. The van der Waals surface area contributed by atoms with E-state index >= 15 is 0 Å². The van der Waals surface area contributed by atoms with Gasteiger partial charge in [-0.1, -0.05) is 12.1 Å². The number of benzene rings is 2. The number of morpholine rings is 1. The minimum Gasteiger partial charge on any atom is -0.493 e. The molecule has 3 rings (SSSR count). The molecule has 2 unspecified atom stereocenters. The van der Waals surface area contributed by atoms with Crippen LogP contribution in [-0.2, 0) is 4.74 Å². The Bertz CT molecular complexity index is 926. The molecule has 0 saturated carbocycles. The van der Waals surface area contributed by atoms with Gasteiger partial charge in [0.15, 0.2) is 11.5 Å². The molecule has 1 saturated heterocycles. The number of nitrogens with one attached hydrogen (secondary N) is 1. The molecule has 2 aromatic rings. The largest absolute Gasteiger partial charge is 0.493 e. The normalized spacial score (nSPS) is 18.3. The highest BCUT2D eigenvalue weighted by molar-refractivity contribution is 6.09. The zero-order valence-corrected chi connectivity index (χ0v) is 18.4. The second kappa shape index (κ2) is 9.70. The number of methoxy groups -OCH3 is 3. The molecule has 2 amide bonds. The monoisotopic (exact) mass is 428 g/mol. The lowest BCUT2D eigenvalue weighted by atomic mass is 10.1. The molecule has 2 atom stereocenters. The third-order valence-corrected chi connectivity index (χ3v) is 5.04. The summed E-state index contributed by atoms with van der Waals surface area (Å²) in [5, 5.41) is 2.84. The van der Waals surface area contributed by atoms with Gasteiger partial charge in [-0.25, -0.2) is 0 Å². The number of nitrogens with zero attached hydrogens (tertiary/aromatic N) is 1. The van der Waals surface area contributed by atoms with E-state index in [1.807, 2.05) is 13.8 Å². The number of amides is 2. The minimum absolute atomic E-state index is 0.0475. The molecule has 8 nitrogen and oxygen atoms in total. The molecule has 8 heteroatoms. The molecule has 0 spiro atoms. The predicted molar refractivity (Wildman–Crippen MR) is 116 cm³/mol. The fourth-order valence-electron chi connectivity index (χ4n) is 3.70. The summed E-state index contributed by atoms with van der Waals surface area (Å²) >= 11 is 0. The first-order chi connectivity index (χ1) is 14.9. The maximum Gasteiger partial charge on any atom is 0.256 e. The first-order valence-electron chi connectivity index (χ1n) is 10.0. The first kappa shape index (κ1) is 22.4. The molecule has 1 N–H and O–H groups in total. The van der Waals surface area contributed by atoms with Crippen molar-refractivity contribution in [1.29, 1.82) is 0 Å². The highest BCUT2D eigenvalue weighted by Crippen LogP contribution is 2.38. The quantitative estimate of drug-likeness (QED) is 0.760. The van der Waals surface area contributed by atoms with Crippen LogP contribution in [0.1, 0.15) is 34.6 Å². The molecule has 0 bridgehead atoms. The van der Waals surface area contributed by atoms with Crippen molar-refractivity contribution >= 4 is 17.5 Å². The lowest BCUT2D eigenvalue weighted by Gasteiger charge is -2.35. The Balaban J connectivity index is 1.87. The molecule has 1 fully saturated rings. The van der Waals surface area contributed by atoms with Crippen molar-refractivity contribution in [2.75, 3.05) is 39.7 Å². The van der Waals surface area contributed by atoms with Gasteiger partial charge in [-0.3, -0.25) is 9.59 Å². The second-order valence-electron chi connectivity index (χ2n) is 7.38. The molecule has 0 aliphatic carbocycles. The lowest BCUT2D eigenvalue weighted by Crippen LogP contribution is -2.48. The fourth-order valence-corrected chi connectivity index (χ4v) is 3.70. The molecule has 1 aliphatic heterocycles. The zero-order valence-electron chi connectivity index (χ0n) is 18.4. The molecule has 1 heterocycles. The third kappa shape index (κ3) is 4.91. The van der Waals surface area contributed by atoms with Crippen LogP contribution < -0.4 is 19.5 Å². The van der Waals surface area contributed by atoms with E-state index in [2.05, 4.69) is 5.32 Å². The van der Waals surface area contributed by atoms with Crippen molar-refractivity contribution in [3.8, 4) is 17.2 Å². The maximum atomic E-state index is 13.2. The van der Waals surface area contributed by atoms with E-state index in [4.69, 9.17) is 18.9 Å². The number of anilines is 1. The van der Waals surface area contributed by atoms with Gasteiger partial charge in [0.2, 0.25) is 5.75 Å². The van der Waals surface area contributed by atoms with E-state index in [-0.39, 0.29) is 18.1 Å². The number of carbonyl (C=O) groups excluding carboxylic acids is 2. The third-order valence-electron chi connectivity index (χ3n) is 5.04. The van der Waals surface area contributed by atoms with Crippen molar-refractivity contribution in [2.24, 2.45) is 0 Å². The SMILES string of the molecule is COc1cc(C(=O)Nc2ccccc2C(=O)N2CC(C)OC(C)C2)cc(OC)c1OC. The highest BCUT2D eigenvalue weighted by Gasteiger charge is 2.28. The van der Waals surface area contributed by atoms with Crippen molar-refractivity contribution in [3.05, 3.63) is 47.5 Å². The van der Waals surface area contributed by atoms with E-state index in [0.717, 1.165) is 0 Å². The van der Waals surface area contributed by atoms with Crippen LogP contribution in [-0.4, -0.2) is 63.3 Å². The Labute approximate surface area is 182 Å². The molecular formula is C23H28N2O6. The van der Waals surface area contributed by atoms with Crippen LogP contribution >= 0.6 is 0 Å². The van der Waals surface area contributed by atoms with E-state index in [9.17, 15) is 9.59 Å². The number of hydrogen-bond acceptors (Lipinski definition) is 6. The maximum absolute atomic E-state index is 13.2. The van der Waals surface area contributed by atoms with Gasteiger partial charge in [0.05, 0.1) is 44.8 Å². The summed E-state index contributed by atoms with van der Waals surface area (Å²) in [5.41, 5.74) is 1.16. The summed E-state index contributed by atoms with van der Waals surface area (Å²) in [4.78, 5) is 27.9. The van der Waals surface area contributed by atoms with E-state index < -0.39 is 5.91 Å². The summed E-state index contributed by atoms with van der Waals surface area (Å²) in [5.74, 6) is 0.582. The van der Waals surface area contributed by atoms with Crippen LogP contribution in [0.3, 0.4) is 0 Å². The van der Waals surface area contributed by atoms with Gasteiger partial charge in [0, 0.05) is 18.7 Å². The summed E-state index contributed by atoms with van der Waals surface area (Å²) < 4.78 is 21.7. The zero-order chi connectivity index (χ0) is 22.5. The van der Waals surface area contributed by atoms with Crippen LogP contribution in [0, 0.1) is 0 Å². The van der Waals surface area contributed by atoms with Gasteiger partial charge in [-0.2, -0.15) is 0 Å². The lowest BCUT2D eigenvalue weighted by molar-refractivity contribution is -0.0585. The first-order valence-corrected chi connectivity index (χ1v) is 10.0. The highest BCUT2D eigenvalue weighted by atomic mass is 16.5. The Kier molecular flexibility index (Phi) is 7.02. The smallest absolute Gasteiger partial charge is 0.256 e. The molecule has 1 aliphatic rings. The van der Waals surface area contributed by atoms with Crippen molar-refractivity contribution in [3.63, 3.8) is 0 Å². The van der Waals surface area contributed by atoms with Crippen molar-refractivity contribution in [2.45, 2.75) is 26.1 Å². The van der Waals surface area contributed by atoms with E-state index in [0.29, 0.717) is 47.2 Å². The Morgan fingerprint density at radius 3 is 2.10 bits per heavy atom. The van der Waals surface area contributed by atoms with Gasteiger partial charge in [0.1, 0.15) is 0 Å². The summed E-state index contributed by atoms with van der Waals surface area (Å²) in [6.45, 7) is 4.87. The summed E-state index contributed by atoms with van der Waals surface area (Å²) in [7, 11) is 4.46. The second-order valence-corrected chi connectivity index (χ2v) is 7.38. The Morgan fingerprint density at radius 2 is 1.55 bits per heavy atom. The van der Waals surface area contributed by atoms with Gasteiger partial charge >= 0.3 is 0 Å². The van der Waals surface area contributed by atoms with E-state index in [1.165, 1.54) is 21.3 Å². The van der Waals surface area contributed by atoms with Gasteiger partial charge in [-0.15, -0.1) is 0 Å². The van der Waals surface area contributed by atoms with Crippen LogP contribution in [0.4, 0.5) is 5.69 Å². The summed E-state index contributed by atoms with van der Waals surface area (Å²) in [6, 6.07) is 10.1. The molecule has 2 aromatic carbocycles. The van der Waals surface area contributed by atoms with Crippen LogP contribution in [0.25, 0.3) is 0 Å². The van der Waals surface area contributed by atoms with Crippen LogP contribution in [0.5, 0.6) is 17.2 Å². The fraction of sp³-hybridized carbons (Fsp3) is 0.391. The van der Waals surface area contributed by atoms with Gasteiger partial charge in [-0.05, 0) is 38.1 Å². The topological polar surface area (TPSA) is 86.3 Å². The molecular weight excluding hydrogens is 400 g/mol. The average Bonchev–Trinajstić information content (AvgIpc) is 2.77. The van der Waals surface area contributed by atoms with Gasteiger partial charge < -0.3 is 29.2 Å². The number of hydrogen-bond donors (Lipinski definition) is 1. The standard InChI is InChI=1S/C23H28N2O6/c1-14-12-25(13-15(2)31-14)23(27)17-8-6-7-9-18(17)24-22(26)16-10-19(28-3)21(30-5)20(11-16)29-4/h6-11,14-15H,12-13H2,1-5H3,(H,24,26). The minimum atomic E-state index is -0.400. The Hall–Kier alpha value is -3.26. The van der Waals surface area contributed by atoms with Crippen molar-refractivity contribution in [1.82, 2.24) is 4.90 Å². The average molecular weight is 428 g/mol. The van der Waals surface area contributed by atoms with Gasteiger partial charge in [0.25, 0.3) is 11.8 Å². The molecule has 166 valence electrons. The number of carbonyl (C=O) groups is 2. The summed E-state index contributed by atoms with van der Waals surface area (Å²) in [6.07, 6.45) is -0.0950. The predicted octanol–water partition coefficient (Wildman–Crippen LogP) is 3.21. The van der Waals surface area contributed by atoms with Crippen LogP contribution in [0.15, 0.2) is 36.4 Å². The van der Waals surface area contributed by atoms with Crippen molar-refractivity contribution < 1.29 is 28.5 Å². The molecule has 0 aromatic heterocycles. The number of rotatable bonds is 6.